The zero-order valence-electron chi connectivity index (χ0n) is 20.2. The van der Waals surface area contributed by atoms with E-state index < -0.39 is 5.41 Å². The van der Waals surface area contributed by atoms with E-state index in [0.717, 1.165) is 42.3 Å². The predicted molar refractivity (Wildman–Crippen MR) is 127 cm³/mol. The number of hydrogen-bond acceptors (Lipinski definition) is 5. The molecule has 0 aliphatic carbocycles. The number of ether oxygens (including phenoxy) is 1. The number of anilines is 1. The lowest BCUT2D eigenvalue weighted by molar-refractivity contribution is -0.150. The largest absolute Gasteiger partial charge is 0.381 e. The van der Waals surface area contributed by atoms with Crippen molar-refractivity contribution in [3.05, 3.63) is 53.2 Å². The number of amides is 1. The van der Waals surface area contributed by atoms with Crippen LogP contribution in [-0.4, -0.2) is 61.2 Å². The number of likely N-dealkylation sites (tertiary alicyclic amines) is 1. The number of benzene rings is 1. The first-order valence-corrected chi connectivity index (χ1v) is 11.9. The first-order chi connectivity index (χ1) is 15.7. The molecule has 0 bridgehead atoms. The summed E-state index contributed by atoms with van der Waals surface area (Å²) < 4.78 is 19.1. The molecule has 0 N–H and O–H groups in total. The highest BCUT2D eigenvalue weighted by atomic mass is 19.1. The standard InChI is InChI=1S/C26H35FN4O2/c1-19-28-22(16-23(29-19)30(3)4)25(2)10-5-13-31(18-25)24(32)26(11-14-33-15-12-26)17-20-6-8-21(27)9-7-20/h6-9,16H,5,10-15,17-18H2,1-4H3/t25-/m0/s1. The minimum Gasteiger partial charge on any atom is -0.381 e. The molecule has 1 aromatic heterocycles. The Hall–Kier alpha value is -2.54. The SMILES string of the molecule is Cc1nc(N(C)C)cc([C@@]2(C)CCCN(C(=O)C3(Cc4ccc(F)cc4)CCOCC3)C2)n1. The van der Waals surface area contributed by atoms with Crippen LogP contribution < -0.4 is 4.90 Å². The monoisotopic (exact) mass is 454 g/mol. The molecule has 2 aliphatic rings. The maximum Gasteiger partial charge on any atom is 0.229 e. The quantitative estimate of drug-likeness (QED) is 0.686. The van der Waals surface area contributed by atoms with Gasteiger partial charge in [0, 0.05) is 51.9 Å². The molecule has 2 fully saturated rings. The van der Waals surface area contributed by atoms with Gasteiger partial charge in [-0.15, -0.1) is 0 Å². The molecule has 2 saturated heterocycles. The molecule has 3 heterocycles. The van der Waals surface area contributed by atoms with Gasteiger partial charge in [-0.2, -0.15) is 0 Å². The summed E-state index contributed by atoms with van der Waals surface area (Å²) >= 11 is 0. The minimum atomic E-state index is -0.509. The molecule has 178 valence electrons. The summed E-state index contributed by atoms with van der Waals surface area (Å²) in [6.07, 6.45) is 3.90. The average molecular weight is 455 g/mol. The summed E-state index contributed by atoms with van der Waals surface area (Å²) in [7, 11) is 3.96. The van der Waals surface area contributed by atoms with Crippen LogP contribution in [0, 0.1) is 18.2 Å². The third-order valence-electron chi connectivity index (χ3n) is 7.24. The summed E-state index contributed by atoms with van der Waals surface area (Å²) in [5.74, 6) is 1.58. The van der Waals surface area contributed by atoms with E-state index in [0.29, 0.717) is 39.0 Å². The molecule has 2 aliphatic heterocycles. The fraction of sp³-hybridized carbons (Fsp3) is 0.577. The van der Waals surface area contributed by atoms with Gasteiger partial charge in [-0.3, -0.25) is 4.79 Å². The van der Waals surface area contributed by atoms with Gasteiger partial charge in [-0.25, -0.2) is 14.4 Å². The lowest BCUT2D eigenvalue weighted by Crippen LogP contribution is -2.54. The van der Waals surface area contributed by atoms with E-state index in [1.807, 2.05) is 30.8 Å². The third kappa shape index (κ3) is 5.03. The summed E-state index contributed by atoms with van der Waals surface area (Å²) in [6, 6.07) is 8.61. The van der Waals surface area contributed by atoms with Crippen molar-refractivity contribution in [2.75, 3.05) is 45.3 Å². The maximum absolute atomic E-state index is 14.1. The van der Waals surface area contributed by atoms with Crippen LogP contribution in [0.3, 0.4) is 0 Å². The lowest BCUT2D eigenvalue weighted by atomic mass is 9.72. The zero-order chi connectivity index (χ0) is 23.6. The highest BCUT2D eigenvalue weighted by Crippen LogP contribution is 2.40. The van der Waals surface area contributed by atoms with Crippen molar-refractivity contribution in [1.82, 2.24) is 14.9 Å². The average Bonchev–Trinajstić information content (AvgIpc) is 2.80. The Morgan fingerprint density at radius 2 is 1.85 bits per heavy atom. The summed E-state index contributed by atoms with van der Waals surface area (Å²) in [6.45, 7) is 6.69. The van der Waals surface area contributed by atoms with Crippen LogP contribution >= 0.6 is 0 Å². The Morgan fingerprint density at radius 1 is 1.15 bits per heavy atom. The number of nitrogens with zero attached hydrogens (tertiary/aromatic N) is 4. The van der Waals surface area contributed by atoms with Gasteiger partial charge in [0.05, 0.1) is 11.1 Å². The highest BCUT2D eigenvalue weighted by Gasteiger charge is 2.45. The third-order valence-corrected chi connectivity index (χ3v) is 7.24. The number of aryl methyl sites for hydroxylation is 1. The second-order valence-electron chi connectivity index (χ2n) is 10.1. The van der Waals surface area contributed by atoms with Crippen molar-refractivity contribution >= 4 is 11.7 Å². The van der Waals surface area contributed by atoms with Crippen LogP contribution in [-0.2, 0) is 21.4 Å². The number of carbonyl (C=O) groups excluding carboxylic acids is 1. The van der Waals surface area contributed by atoms with Crippen LogP contribution in [0.15, 0.2) is 30.3 Å². The molecular weight excluding hydrogens is 419 g/mol. The molecule has 1 aromatic carbocycles. The van der Waals surface area contributed by atoms with E-state index in [2.05, 4.69) is 18.0 Å². The van der Waals surface area contributed by atoms with Gasteiger partial charge in [0.15, 0.2) is 0 Å². The summed E-state index contributed by atoms with van der Waals surface area (Å²) in [5, 5.41) is 0. The van der Waals surface area contributed by atoms with Crippen LogP contribution in [0.2, 0.25) is 0 Å². The predicted octanol–water partition coefficient (Wildman–Crippen LogP) is 3.91. The van der Waals surface area contributed by atoms with Gasteiger partial charge in [0.1, 0.15) is 17.5 Å². The molecule has 6 nitrogen and oxygen atoms in total. The zero-order valence-corrected chi connectivity index (χ0v) is 20.2. The van der Waals surface area contributed by atoms with Gasteiger partial charge in [-0.1, -0.05) is 19.1 Å². The Balaban J connectivity index is 1.60. The molecule has 0 saturated carbocycles. The van der Waals surface area contributed by atoms with E-state index in [1.165, 1.54) is 12.1 Å². The smallest absolute Gasteiger partial charge is 0.229 e. The van der Waals surface area contributed by atoms with Crippen molar-refractivity contribution in [1.29, 1.82) is 0 Å². The molecule has 1 atom stereocenters. The van der Waals surface area contributed by atoms with Crippen molar-refractivity contribution in [3.63, 3.8) is 0 Å². The number of rotatable bonds is 5. The van der Waals surface area contributed by atoms with Gasteiger partial charge >= 0.3 is 0 Å². The number of halogens is 1. The second-order valence-corrected chi connectivity index (χ2v) is 10.1. The first-order valence-electron chi connectivity index (χ1n) is 11.9. The van der Waals surface area contributed by atoms with E-state index >= 15 is 0 Å². The lowest BCUT2D eigenvalue weighted by Gasteiger charge is -2.45. The fourth-order valence-electron chi connectivity index (χ4n) is 5.27. The topological polar surface area (TPSA) is 58.6 Å². The summed E-state index contributed by atoms with van der Waals surface area (Å²) in [4.78, 5) is 27.4. The summed E-state index contributed by atoms with van der Waals surface area (Å²) in [5.41, 5.74) is 1.25. The fourth-order valence-corrected chi connectivity index (χ4v) is 5.27. The Labute approximate surface area is 196 Å². The van der Waals surface area contributed by atoms with Crippen LogP contribution in [0.1, 0.15) is 49.7 Å². The Morgan fingerprint density at radius 3 is 2.52 bits per heavy atom. The van der Waals surface area contributed by atoms with E-state index in [4.69, 9.17) is 9.72 Å². The molecule has 33 heavy (non-hydrogen) atoms. The van der Waals surface area contributed by atoms with E-state index in [-0.39, 0.29) is 17.1 Å². The molecule has 1 amide bonds. The molecular formula is C26H35FN4O2. The minimum absolute atomic E-state index is 0.194. The van der Waals surface area contributed by atoms with Gasteiger partial charge in [0.25, 0.3) is 0 Å². The Kier molecular flexibility index (Phi) is 6.71. The van der Waals surface area contributed by atoms with Crippen molar-refractivity contribution in [2.45, 2.75) is 51.4 Å². The molecule has 0 unspecified atom stereocenters. The van der Waals surface area contributed by atoms with Crippen LogP contribution in [0.25, 0.3) is 0 Å². The van der Waals surface area contributed by atoms with Gasteiger partial charge in [0.2, 0.25) is 5.91 Å². The first kappa shape index (κ1) is 23.6. The highest BCUT2D eigenvalue weighted by molar-refractivity contribution is 5.83. The Bertz CT molecular complexity index is 988. The molecule has 7 heteroatoms. The van der Waals surface area contributed by atoms with Crippen LogP contribution in [0.5, 0.6) is 0 Å². The van der Waals surface area contributed by atoms with Crippen molar-refractivity contribution in [2.24, 2.45) is 5.41 Å². The van der Waals surface area contributed by atoms with E-state index in [9.17, 15) is 9.18 Å². The molecule has 2 aromatic rings. The molecule has 0 radical (unpaired) electrons. The van der Waals surface area contributed by atoms with Crippen molar-refractivity contribution < 1.29 is 13.9 Å². The number of piperidine rings is 1. The molecule has 4 rings (SSSR count). The van der Waals surface area contributed by atoms with Crippen molar-refractivity contribution in [3.8, 4) is 0 Å². The van der Waals surface area contributed by atoms with Crippen LogP contribution in [0.4, 0.5) is 10.2 Å². The normalized spacial score (nSPS) is 22.8. The van der Waals surface area contributed by atoms with Gasteiger partial charge in [-0.05, 0) is 56.7 Å². The second kappa shape index (κ2) is 9.37. The van der Waals surface area contributed by atoms with E-state index in [1.54, 1.807) is 12.1 Å². The number of carbonyl (C=O) groups is 1. The van der Waals surface area contributed by atoms with Gasteiger partial charge < -0.3 is 14.5 Å². The number of aromatic nitrogens is 2. The maximum atomic E-state index is 14.1. The number of hydrogen-bond donors (Lipinski definition) is 0. The molecule has 0 spiro atoms.